The van der Waals surface area contributed by atoms with Gasteiger partial charge in [-0.25, -0.2) is 0 Å². The molecule has 0 aliphatic rings. The van der Waals surface area contributed by atoms with E-state index in [0.717, 1.165) is 18.6 Å². The van der Waals surface area contributed by atoms with Crippen molar-refractivity contribution >= 4 is 0 Å². The van der Waals surface area contributed by atoms with Crippen LogP contribution in [0.3, 0.4) is 0 Å². The third kappa shape index (κ3) is 4.61. The number of unbranched alkanes of at least 4 members (excludes halogenated alkanes) is 1. The maximum atomic E-state index is 6.33. The number of rotatable bonds is 7. The predicted molar refractivity (Wildman–Crippen MR) is 88.7 cm³/mol. The minimum absolute atomic E-state index is 0.0253. The highest BCUT2D eigenvalue weighted by Gasteiger charge is 2.08. The Morgan fingerprint density at radius 1 is 1.05 bits per heavy atom. The van der Waals surface area contributed by atoms with E-state index in [1.165, 1.54) is 29.5 Å². The standard InChI is InChI=1S/C19H25NO/c1-3-4-6-15-9-11-17(12-10-15)19(20)14-16-7-5-8-18(13-16)21-2/h5,7-13,19H,3-4,6,14,20H2,1-2H3. The summed E-state index contributed by atoms with van der Waals surface area (Å²) >= 11 is 0. The number of benzene rings is 2. The molecule has 21 heavy (non-hydrogen) atoms. The van der Waals surface area contributed by atoms with Crippen LogP contribution in [0.4, 0.5) is 0 Å². The van der Waals surface area contributed by atoms with E-state index in [1.54, 1.807) is 7.11 Å². The molecule has 0 aliphatic heterocycles. The molecule has 2 aromatic carbocycles. The minimum Gasteiger partial charge on any atom is -0.497 e. The highest BCUT2D eigenvalue weighted by atomic mass is 16.5. The predicted octanol–water partition coefficient (Wildman–Crippen LogP) is 4.28. The van der Waals surface area contributed by atoms with E-state index in [1.807, 2.05) is 12.1 Å². The Labute approximate surface area is 127 Å². The van der Waals surface area contributed by atoms with Crippen molar-refractivity contribution in [3.8, 4) is 5.75 Å². The fourth-order valence-corrected chi connectivity index (χ4v) is 2.48. The highest BCUT2D eigenvalue weighted by molar-refractivity contribution is 5.31. The zero-order valence-corrected chi connectivity index (χ0v) is 13.0. The van der Waals surface area contributed by atoms with Crippen molar-refractivity contribution in [1.82, 2.24) is 0 Å². The van der Waals surface area contributed by atoms with Crippen LogP contribution in [0.5, 0.6) is 5.75 Å². The largest absolute Gasteiger partial charge is 0.497 e. The molecule has 0 heterocycles. The third-order valence-corrected chi connectivity index (χ3v) is 3.82. The van der Waals surface area contributed by atoms with Gasteiger partial charge in [0.15, 0.2) is 0 Å². The van der Waals surface area contributed by atoms with Crippen LogP contribution in [0, 0.1) is 0 Å². The molecule has 0 amide bonds. The Kier molecular flexibility index (Phi) is 5.82. The number of ether oxygens (including phenoxy) is 1. The Bertz CT molecular complexity index is 548. The highest BCUT2D eigenvalue weighted by Crippen LogP contribution is 2.20. The van der Waals surface area contributed by atoms with E-state index in [9.17, 15) is 0 Å². The normalized spacial score (nSPS) is 12.1. The summed E-state index contributed by atoms with van der Waals surface area (Å²) in [5.41, 5.74) is 10.1. The fraction of sp³-hybridized carbons (Fsp3) is 0.368. The molecule has 1 atom stereocenters. The van der Waals surface area contributed by atoms with Crippen molar-refractivity contribution in [3.63, 3.8) is 0 Å². The lowest BCUT2D eigenvalue weighted by Gasteiger charge is -2.13. The molecule has 0 fully saturated rings. The molecule has 0 saturated heterocycles. The molecule has 0 bridgehead atoms. The van der Waals surface area contributed by atoms with E-state index in [-0.39, 0.29) is 6.04 Å². The molecular weight excluding hydrogens is 258 g/mol. The van der Waals surface area contributed by atoms with E-state index in [2.05, 4.69) is 43.3 Å². The molecule has 2 heteroatoms. The van der Waals surface area contributed by atoms with Gasteiger partial charge in [0, 0.05) is 6.04 Å². The number of aryl methyl sites for hydroxylation is 1. The molecular formula is C19H25NO. The molecule has 0 aromatic heterocycles. The van der Waals surface area contributed by atoms with E-state index >= 15 is 0 Å². The van der Waals surface area contributed by atoms with Crippen LogP contribution in [0.25, 0.3) is 0 Å². The van der Waals surface area contributed by atoms with Crippen LogP contribution >= 0.6 is 0 Å². The maximum Gasteiger partial charge on any atom is 0.119 e. The lowest BCUT2D eigenvalue weighted by Crippen LogP contribution is -2.13. The fourth-order valence-electron chi connectivity index (χ4n) is 2.48. The summed E-state index contributed by atoms with van der Waals surface area (Å²) in [6, 6.07) is 16.9. The van der Waals surface area contributed by atoms with E-state index < -0.39 is 0 Å². The Morgan fingerprint density at radius 3 is 2.48 bits per heavy atom. The molecule has 2 rings (SSSR count). The van der Waals surface area contributed by atoms with Gasteiger partial charge in [-0.15, -0.1) is 0 Å². The van der Waals surface area contributed by atoms with Gasteiger partial charge in [0.05, 0.1) is 7.11 Å². The molecule has 112 valence electrons. The molecule has 2 aromatic rings. The quantitative estimate of drug-likeness (QED) is 0.823. The van der Waals surface area contributed by atoms with Crippen LogP contribution in [0.2, 0.25) is 0 Å². The summed E-state index contributed by atoms with van der Waals surface area (Å²) < 4.78 is 5.25. The zero-order chi connectivity index (χ0) is 15.1. The van der Waals surface area contributed by atoms with E-state index in [0.29, 0.717) is 0 Å². The Balaban J connectivity index is 2.00. The summed E-state index contributed by atoms with van der Waals surface area (Å²) in [4.78, 5) is 0. The van der Waals surface area contributed by atoms with Crippen molar-refractivity contribution in [2.75, 3.05) is 7.11 Å². The van der Waals surface area contributed by atoms with Crippen LogP contribution < -0.4 is 10.5 Å². The lowest BCUT2D eigenvalue weighted by molar-refractivity contribution is 0.414. The van der Waals surface area contributed by atoms with Crippen LogP contribution in [-0.2, 0) is 12.8 Å². The summed E-state index contributed by atoms with van der Waals surface area (Å²) in [5.74, 6) is 0.884. The average molecular weight is 283 g/mol. The molecule has 0 radical (unpaired) electrons. The molecule has 1 unspecified atom stereocenters. The average Bonchev–Trinajstić information content (AvgIpc) is 2.53. The van der Waals surface area contributed by atoms with Gasteiger partial charge in [-0.3, -0.25) is 0 Å². The second-order valence-electron chi connectivity index (χ2n) is 5.51. The lowest BCUT2D eigenvalue weighted by atomic mass is 9.97. The summed E-state index contributed by atoms with van der Waals surface area (Å²) in [7, 11) is 1.69. The van der Waals surface area contributed by atoms with Gasteiger partial charge in [0.1, 0.15) is 5.75 Å². The minimum atomic E-state index is 0.0253. The van der Waals surface area contributed by atoms with Gasteiger partial charge in [-0.2, -0.15) is 0 Å². The van der Waals surface area contributed by atoms with Gasteiger partial charge < -0.3 is 10.5 Å². The van der Waals surface area contributed by atoms with Crippen molar-refractivity contribution < 1.29 is 4.74 Å². The van der Waals surface area contributed by atoms with Crippen LogP contribution in [0.15, 0.2) is 48.5 Å². The smallest absolute Gasteiger partial charge is 0.119 e. The summed E-state index contributed by atoms with van der Waals surface area (Å²) in [6.45, 7) is 2.22. The zero-order valence-electron chi connectivity index (χ0n) is 13.0. The number of nitrogens with two attached hydrogens (primary N) is 1. The molecule has 0 spiro atoms. The van der Waals surface area contributed by atoms with Crippen LogP contribution in [-0.4, -0.2) is 7.11 Å². The van der Waals surface area contributed by atoms with Gasteiger partial charge >= 0.3 is 0 Å². The molecule has 0 saturated carbocycles. The van der Waals surface area contributed by atoms with Gasteiger partial charge in [-0.05, 0) is 48.1 Å². The summed E-state index contributed by atoms with van der Waals surface area (Å²) in [5, 5.41) is 0. The molecule has 2 nitrogen and oxygen atoms in total. The van der Waals surface area contributed by atoms with Gasteiger partial charge in [-0.1, -0.05) is 49.7 Å². The monoisotopic (exact) mass is 283 g/mol. The number of methoxy groups -OCH3 is 1. The first-order valence-corrected chi connectivity index (χ1v) is 7.70. The first kappa shape index (κ1) is 15.6. The van der Waals surface area contributed by atoms with Crippen LogP contribution in [0.1, 0.15) is 42.5 Å². The summed E-state index contributed by atoms with van der Waals surface area (Å²) in [6.07, 6.45) is 4.46. The number of hydrogen-bond donors (Lipinski definition) is 1. The van der Waals surface area contributed by atoms with E-state index in [4.69, 9.17) is 10.5 Å². The van der Waals surface area contributed by atoms with Crippen molar-refractivity contribution in [2.24, 2.45) is 5.73 Å². The first-order chi connectivity index (χ1) is 10.2. The third-order valence-electron chi connectivity index (χ3n) is 3.82. The Hall–Kier alpha value is -1.80. The maximum absolute atomic E-state index is 6.33. The molecule has 2 N–H and O–H groups in total. The number of hydrogen-bond acceptors (Lipinski definition) is 2. The first-order valence-electron chi connectivity index (χ1n) is 7.70. The Morgan fingerprint density at radius 2 is 1.81 bits per heavy atom. The van der Waals surface area contributed by atoms with Gasteiger partial charge in [0.2, 0.25) is 0 Å². The SMILES string of the molecule is CCCCc1ccc(C(N)Cc2cccc(OC)c2)cc1. The second-order valence-corrected chi connectivity index (χ2v) is 5.51. The van der Waals surface area contributed by atoms with Crippen molar-refractivity contribution in [1.29, 1.82) is 0 Å². The second kappa shape index (κ2) is 7.84. The van der Waals surface area contributed by atoms with Crippen molar-refractivity contribution in [2.45, 2.75) is 38.6 Å². The molecule has 0 aliphatic carbocycles. The topological polar surface area (TPSA) is 35.2 Å². The van der Waals surface area contributed by atoms with Gasteiger partial charge in [0.25, 0.3) is 0 Å². The van der Waals surface area contributed by atoms with Crippen molar-refractivity contribution in [3.05, 3.63) is 65.2 Å².